The topological polar surface area (TPSA) is 61.4 Å². The van der Waals surface area contributed by atoms with Crippen molar-refractivity contribution in [2.45, 2.75) is 62.6 Å². The van der Waals surface area contributed by atoms with E-state index in [2.05, 4.69) is 15.2 Å². The van der Waals surface area contributed by atoms with E-state index in [-0.39, 0.29) is 31.0 Å². The van der Waals surface area contributed by atoms with E-state index in [1.807, 2.05) is 6.20 Å². The number of aromatic nitrogens is 2. The number of rotatable bonds is 3. The van der Waals surface area contributed by atoms with Crippen LogP contribution < -0.4 is 5.32 Å². The molecule has 3 aliphatic heterocycles. The normalized spacial score (nSPS) is 30.5. The molecule has 1 amide bonds. The second kappa shape index (κ2) is 6.44. The number of nitrogens with zero attached hydrogens (tertiary/aromatic N) is 4. The second-order valence-corrected chi connectivity index (χ2v) is 8.41. The van der Waals surface area contributed by atoms with Gasteiger partial charge in [-0.2, -0.15) is 0 Å². The molecule has 2 atom stereocenters. The summed E-state index contributed by atoms with van der Waals surface area (Å²) in [5.41, 5.74) is 2.35. The van der Waals surface area contributed by atoms with Gasteiger partial charge in [0.2, 0.25) is 5.91 Å². The van der Waals surface area contributed by atoms with Crippen molar-refractivity contribution in [2.75, 3.05) is 26.2 Å². The number of likely N-dealkylation sites (tertiary alicyclic amines) is 1. The molecule has 1 aromatic heterocycles. The number of carbonyl (C=O) groups is 1. The third kappa shape index (κ3) is 3.45. The van der Waals surface area contributed by atoms with Gasteiger partial charge in [-0.15, -0.1) is 0 Å². The van der Waals surface area contributed by atoms with E-state index in [1.54, 1.807) is 0 Å². The maximum absolute atomic E-state index is 13.4. The van der Waals surface area contributed by atoms with Crippen LogP contribution in [0.5, 0.6) is 0 Å². The third-order valence-electron chi connectivity index (χ3n) is 6.33. The maximum Gasteiger partial charge on any atom is 0.267 e. The van der Waals surface area contributed by atoms with Crippen molar-refractivity contribution in [3.63, 3.8) is 0 Å². The first-order valence-corrected chi connectivity index (χ1v) is 9.97. The molecule has 8 heteroatoms. The van der Waals surface area contributed by atoms with E-state index in [0.29, 0.717) is 12.3 Å². The van der Waals surface area contributed by atoms with Gasteiger partial charge in [-0.3, -0.25) is 9.69 Å². The highest BCUT2D eigenvalue weighted by atomic mass is 19.3. The van der Waals surface area contributed by atoms with Crippen molar-refractivity contribution >= 4 is 5.91 Å². The summed E-state index contributed by atoms with van der Waals surface area (Å²) in [7, 11) is 0. The van der Waals surface area contributed by atoms with Crippen molar-refractivity contribution in [1.82, 2.24) is 25.1 Å². The van der Waals surface area contributed by atoms with Crippen LogP contribution in [0, 0.1) is 0 Å². The molecule has 1 N–H and O–H groups in total. The van der Waals surface area contributed by atoms with Gasteiger partial charge in [0.25, 0.3) is 5.92 Å². The van der Waals surface area contributed by atoms with E-state index in [4.69, 9.17) is 4.98 Å². The van der Waals surface area contributed by atoms with Crippen molar-refractivity contribution in [3.8, 4) is 0 Å². The predicted octanol–water partition coefficient (Wildman–Crippen LogP) is 1.31. The van der Waals surface area contributed by atoms with Gasteiger partial charge in [-0.05, 0) is 19.3 Å². The van der Waals surface area contributed by atoms with Gasteiger partial charge in [0.1, 0.15) is 5.82 Å². The Kier molecular flexibility index (Phi) is 4.16. The Hall–Kier alpha value is -1.67. The first kappa shape index (κ1) is 17.4. The molecule has 2 saturated heterocycles. The van der Waals surface area contributed by atoms with E-state index in [1.165, 1.54) is 29.0 Å². The van der Waals surface area contributed by atoms with Gasteiger partial charge in [0.05, 0.1) is 12.6 Å². The van der Waals surface area contributed by atoms with Crippen molar-refractivity contribution in [1.29, 1.82) is 0 Å². The van der Waals surface area contributed by atoms with Crippen LogP contribution in [0.25, 0.3) is 0 Å². The highest BCUT2D eigenvalue weighted by molar-refractivity contribution is 5.82. The third-order valence-corrected chi connectivity index (χ3v) is 6.33. The zero-order chi connectivity index (χ0) is 18.6. The lowest BCUT2D eigenvalue weighted by molar-refractivity contribution is -0.133. The summed E-state index contributed by atoms with van der Waals surface area (Å²) in [6, 6.07) is -0.0999. The van der Waals surface area contributed by atoms with Gasteiger partial charge in [0.15, 0.2) is 0 Å². The molecule has 146 valence electrons. The van der Waals surface area contributed by atoms with Crippen LogP contribution in [0.1, 0.15) is 48.7 Å². The van der Waals surface area contributed by atoms with E-state index >= 15 is 0 Å². The Morgan fingerprint density at radius 1 is 1.30 bits per heavy atom. The standard InChI is InChI=1S/C19H25F2N5O/c20-19(21)4-6-26(11-19)18(27)16-7-14(9-22-16)25-5-3-15-13(10-25)8-23-17(24-15)12-1-2-12/h8,12,14,16,22H,1-7,9-11H2/t14-,16-/m0/s1. The molecule has 1 aromatic rings. The first-order valence-electron chi connectivity index (χ1n) is 9.97. The van der Waals surface area contributed by atoms with Crippen molar-refractivity contribution in [2.24, 2.45) is 0 Å². The van der Waals surface area contributed by atoms with Crippen LogP contribution in [-0.4, -0.2) is 69.9 Å². The number of hydrogen-bond acceptors (Lipinski definition) is 5. The lowest BCUT2D eigenvalue weighted by Gasteiger charge is -2.32. The Morgan fingerprint density at radius 3 is 2.89 bits per heavy atom. The fraction of sp³-hybridized carbons (Fsp3) is 0.737. The van der Waals surface area contributed by atoms with Crippen LogP contribution >= 0.6 is 0 Å². The zero-order valence-electron chi connectivity index (χ0n) is 15.3. The summed E-state index contributed by atoms with van der Waals surface area (Å²) >= 11 is 0. The zero-order valence-corrected chi connectivity index (χ0v) is 15.3. The summed E-state index contributed by atoms with van der Waals surface area (Å²) in [4.78, 5) is 25.6. The molecular formula is C19H25F2N5O. The molecule has 0 unspecified atom stereocenters. The number of alkyl halides is 2. The minimum Gasteiger partial charge on any atom is -0.335 e. The quantitative estimate of drug-likeness (QED) is 0.861. The first-order chi connectivity index (χ1) is 13.0. The Morgan fingerprint density at radius 2 is 2.15 bits per heavy atom. The number of carbonyl (C=O) groups excluding carboxylic acids is 1. The Bertz CT molecular complexity index is 754. The van der Waals surface area contributed by atoms with E-state index in [9.17, 15) is 13.6 Å². The number of halogens is 2. The fourth-order valence-electron chi connectivity index (χ4n) is 4.53. The van der Waals surface area contributed by atoms with Gasteiger partial charge >= 0.3 is 0 Å². The Labute approximate surface area is 157 Å². The number of hydrogen-bond donors (Lipinski definition) is 1. The molecule has 3 fully saturated rings. The van der Waals surface area contributed by atoms with Gasteiger partial charge < -0.3 is 10.2 Å². The van der Waals surface area contributed by atoms with Crippen molar-refractivity contribution < 1.29 is 13.6 Å². The van der Waals surface area contributed by atoms with Crippen LogP contribution in [0.4, 0.5) is 8.78 Å². The SMILES string of the molecule is O=C([C@@H]1C[C@H](N2CCc3nc(C4CC4)ncc3C2)CN1)N1CCC(F)(F)C1. The molecule has 1 saturated carbocycles. The molecule has 5 rings (SSSR count). The fourth-order valence-corrected chi connectivity index (χ4v) is 4.53. The summed E-state index contributed by atoms with van der Waals surface area (Å²) < 4.78 is 26.8. The summed E-state index contributed by atoms with van der Waals surface area (Å²) in [5.74, 6) is -1.34. The molecule has 0 bridgehead atoms. The highest BCUT2D eigenvalue weighted by Gasteiger charge is 2.44. The molecular weight excluding hydrogens is 352 g/mol. The number of fused-ring (bicyclic) bond motifs is 1. The minimum atomic E-state index is -2.73. The number of nitrogens with one attached hydrogen (secondary N) is 1. The second-order valence-electron chi connectivity index (χ2n) is 8.41. The molecule has 0 radical (unpaired) electrons. The smallest absolute Gasteiger partial charge is 0.267 e. The highest BCUT2D eigenvalue weighted by Crippen LogP contribution is 2.38. The van der Waals surface area contributed by atoms with Crippen LogP contribution in [0.15, 0.2) is 6.20 Å². The molecule has 0 aromatic carbocycles. The van der Waals surface area contributed by atoms with Crippen LogP contribution in [0.2, 0.25) is 0 Å². The Balaban J connectivity index is 1.20. The largest absolute Gasteiger partial charge is 0.335 e. The monoisotopic (exact) mass is 377 g/mol. The molecule has 4 aliphatic rings. The van der Waals surface area contributed by atoms with Gasteiger partial charge in [-0.1, -0.05) is 0 Å². The minimum absolute atomic E-state index is 0.159. The predicted molar refractivity (Wildman–Crippen MR) is 94.5 cm³/mol. The van der Waals surface area contributed by atoms with E-state index < -0.39 is 12.5 Å². The van der Waals surface area contributed by atoms with Crippen molar-refractivity contribution in [3.05, 3.63) is 23.3 Å². The molecule has 27 heavy (non-hydrogen) atoms. The summed E-state index contributed by atoms with van der Waals surface area (Å²) in [6.07, 6.45) is 5.75. The lowest BCUT2D eigenvalue weighted by Crippen LogP contribution is -2.43. The number of amides is 1. The molecule has 1 aliphatic carbocycles. The van der Waals surface area contributed by atoms with Gasteiger partial charge in [-0.25, -0.2) is 18.7 Å². The van der Waals surface area contributed by atoms with Crippen LogP contribution in [-0.2, 0) is 17.8 Å². The molecule has 6 nitrogen and oxygen atoms in total. The lowest BCUT2D eigenvalue weighted by atomic mass is 10.0. The maximum atomic E-state index is 13.4. The average Bonchev–Trinajstić information content (AvgIpc) is 3.28. The van der Waals surface area contributed by atoms with Gasteiger partial charge in [0, 0.05) is 68.4 Å². The summed E-state index contributed by atoms with van der Waals surface area (Å²) in [5, 5.41) is 3.26. The molecule has 4 heterocycles. The average molecular weight is 377 g/mol. The summed E-state index contributed by atoms with van der Waals surface area (Å²) in [6.45, 7) is 2.16. The molecule has 0 spiro atoms. The van der Waals surface area contributed by atoms with Crippen LogP contribution in [0.3, 0.4) is 0 Å². The van der Waals surface area contributed by atoms with E-state index in [0.717, 1.165) is 31.9 Å².